The van der Waals surface area contributed by atoms with Gasteiger partial charge in [-0.1, -0.05) is 11.6 Å². The molecule has 1 aromatic carbocycles. The smallest absolute Gasteiger partial charge is 0.135 e. The van der Waals surface area contributed by atoms with Crippen LogP contribution in [0.15, 0.2) is 30.6 Å². The maximum Gasteiger partial charge on any atom is 0.135 e. The minimum absolute atomic E-state index is 0.416. The van der Waals surface area contributed by atoms with Crippen LogP contribution in [-0.4, -0.2) is 9.97 Å². The molecule has 1 heterocycles. The summed E-state index contributed by atoms with van der Waals surface area (Å²) in [6, 6.07) is 7.37. The average Bonchev–Trinajstić information content (AvgIpc) is 2.22. The molecule has 1 aromatic heterocycles. The third-order valence-corrected chi connectivity index (χ3v) is 2.87. The summed E-state index contributed by atoms with van der Waals surface area (Å²) in [4.78, 5) is 7.85. The van der Waals surface area contributed by atoms with Gasteiger partial charge in [0, 0.05) is 9.64 Å². The van der Waals surface area contributed by atoms with Crippen molar-refractivity contribution in [3.8, 4) is 0 Å². The molecule has 0 radical (unpaired) electrons. The number of nitrogen functional groups attached to an aromatic ring is 1. The lowest BCUT2D eigenvalue weighted by Crippen LogP contribution is -1.97. The molecule has 0 spiro atoms. The molecule has 16 heavy (non-hydrogen) atoms. The van der Waals surface area contributed by atoms with Crippen LogP contribution in [-0.2, 0) is 0 Å². The third kappa shape index (κ3) is 2.73. The van der Waals surface area contributed by atoms with Crippen molar-refractivity contribution in [2.75, 3.05) is 11.1 Å². The van der Waals surface area contributed by atoms with Crippen molar-refractivity contribution < 1.29 is 0 Å². The zero-order valence-corrected chi connectivity index (χ0v) is 11.0. The zero-order valence-electron chi connectivity index (χ0n) is 8.11. The molecule has 6 heteroatoms. The third-order valence-electron chi connectivity index (χ3n) is 1.88. The first kappa shape index (κ1) is 11.4. The number of hydrogen-bond acceptors (Lipinski definition) is 4. The molecule has 0 atom stereocenters. The molecule has 0 unspecified atom stereocenters. The molecule has 0 aliphatic carbocycles. The van der Waals surface area contributed by atoms with Gasteiger partial charge in [0.15, 0.2) is 0 Å². The SMILES string of the molecule is Nc1cc(Nc2ccc(I)cc2Cl)ncn1. The van der Waals surface area contributed by atoms with Gasteiger partial charge >= 0.3 is 0 Å². The minimum Gasteiger partial charge on any atom is -0.384 e. The Morgan fingerprint density at radius 2 is 2.06 bits per heavy atom. The molecular weight excluding hydrogens is 338 g/mol. The molecule has 2 rings (SSSR count). The molecule has 0 aliphatic heterocycles. The monoisotopic (exact) mass is 346 g/mol. The number of benzene rings is 1. The van der Waals surface area contributed by atoms with E-state index in [0.717, 1.165) is 9.26 Å². The van der Waals surface area contributed by atoms with Gasteiger partial charge in [-0.2, -0.15) is 0 Å². The van der Waals surface area contributed by atoms with E-state index in [1.165, 1.54) is 6.33 Å². The van der Waals surface area contributed by atoms with Gasteiger partial charge in [0.1, 0.15) is 18.0 Å². The van der Waals surface area contributed by atoms with Gasteiger partial charge in [-0.25, -0.2) is 9.97 Å². The molecule has 0 aliphatic rings. The van der Waals surface area contributed by atoms with Crippen LogP contribution in [0, 0.1) is 3.57 Å². The van der Waals surface area contributed by atoms with Gasteiger partial charge in [0.25, 0.3) is 0 Å². The maximum atomic E-state index is 6.08. The predicted octanol–water partition coefficient (Wildman–Crippen LogP) is 3.06. The Balaban J connectivity index is 2.27. The summed E-state index contributed by atoms with van der Waals surface area (Å²) >= 11 is 8.28. The fraction of sp³-hybridized carbons (Fsp3) is 0. The molecule has 2 aromatic rings. The maximum absolute atomic E-state index is 6.08. The van der Waals surface area contributed by atoms with Gasteiger partial charge in [0.05, 0.1) is 10.7 Å². The second-order valence-corrected chi connectivity index (χ2v) is 4.73. The fourth-order valence-electron chi connectivity index (χ4n) is 1.17. The van der Waals surface area contributed by atoms with Crippen LogP contribution >= 0.6 is 34.2 Å². The first-order valence-corrected chi connectivity index (χ1v) is 5.90. The summed E-state index contributed by atoms with van der Waals surface area (Å²) in [6.45, 7) is 0. The molecule has 3 N–H and O–H groups in total. The summed E-state index contributed by atoms with van der Waals surface area (Å²) in [7, 11) is 0. The largest absolute Gasteiger partial charge is 0.384 e. The van der Waals surface area contributed by atoms with Crippen LogP contribution in [0.5, 0.6) is 0 Å². The van der Waals surface area contributed by atoms with Crippen molar-refractivity contribution in [3.63, 3.8) is 0 Å². The fourth-order valence-corrected chi connectivity index (χ4v) is 2.07. The molecular formula is C10H8ClIN4. The van der Waals surface area contributed by atoms with Crippen molar-refractivity contribution in [3.05, 3.63) is 39.2 Å². The van der Waals surface area contributed by atoms with Gasteiger partial charge in [0.2, 0.25) is 0 Å². The number of anilines is 3. The molecule has 82 valence electrons. The van der Waals surface area contributed by atoms with E-state index in [0.29, 0.717) is 16.7 Å². The highest BCUT2D eigenvalue weighted by atomic mass is 127. The Bertz CT molecular complexity index is 518. The van der Waals surface area contributed by atoms with Crippen LogP contribution in [0.2, 0.25) is 5.02 Å². The Labute approximate surface area is 111 Å². The molecule has 0 saturated heterocycles. The van der Waals surface area contributed by atoms with Crippen molar-refractivity contribution in [1.29, 1.82) is 0 Å². The Hall–Kier alpha value is -1.08. The van der Waals surface area contributed by atoms with Crippen LogP contribution < -0.4 is 11.1 Å². The lowest BCUT2D eigenvalue weighted by Gasteiger charge is -2.07. The van der Waals surface area contributed by atoms with Crippen LogP contribution in [0.3, 0.4) is 0 Å². The van der Waals surface area contributed by atoms with Crippen LogP contribution in [0.1, 0.15) is 0 Å². The summed E-state index contributed by atoms with van der Waals surface area (Å²) < 4.78 is 1.08. The molecule has 0 bridgehead atoms. The number of hydrogen-bond donors (Lipinski definition) is 2. The second-order valence-electron chi connectivity index (χ2n) is 3.08. The number of nitrogens with two attached hydrogens (primary N) is 1. The molecule has 0 saturated carbocycles. The highest BCUT2D eigenvalue weighted by molar-refractivity contribution is 14.1. The predicted molar refractivity (Wildman–Crippen MR) is 73.9 cm³/mol. The number of aromatic nitrogens is 2. The normalized spacial score (nSPS) is 10.1. The molecule has 4 nitrogen and oxygen atoms in total. The van der Waals surface area contributed by atoms with E-state index in [9.17, 15) is 0 Å². The van der Waals surface area contributed by atoms with Gasteiger partial charge in [-0.15, -0.1) is 0 Å². The van der Waals surface area contributed by atoms with E-state index in [-0.39, 0.29) is 0 Å². The van der Waals surface area contributed by atoms with E-state index >= 15 is 0 Å². The summed E-state index contributed by atoms with van der Waals surface area (Å²) in [5.41, 5.74) is 6.34. The van der Waals surface area contributed by atoms with Gasteiger partial charge < -0.3 is 11.1 Å². The summed E-state index contributed by atoms with van der Waals surface area (Å²) in [5.74, 6) is 1.04. The quantitative estimate of drug-likeness (QED) is 0.820. The number of halogens is 2. The van der Waals surface area contributed by atoms with E-state index in [1.807, 2.05) is 18.2 Å². The van der Waals surface area contributed by atoms with Crippen molar-refractivity contribution in [2.45, 2.75) is 0 Å². The standard InChI is InChI=1S/C10H8ClIN4/c11-7-3-6(12)1-2-8(7)16-10-4-9(13)14-5-15-10/h1-5H,(H3,13,14,15,16). The highest BCUT2D eigenvalue weighted by Crippen LogP contribution is 2.26. The van der Waals surface area contributed by atoms with Crippen LogP contribution in [0.4, 0.5) is 17.3 Å². The lowest BCUT2D eigenvalue weighted by atomic mass is 10.3. The van der Waals surface area contributed by atoms with Gasteiger partial charge in [-0.3, -0.25) is 0 Å². The van der Waals surface area contributed by atoms with Crippen molar-refractivity contribution in [1.82, 2.24) is 9.97 Å². The van der Waals surface area contributed by atoms with Crippen LogP contribution in [0.25, 0.3) is 0 Å². The van der Waals surface area contributed by atoms with Crippen molar-refractivity contribution in [2.24, 2.45) is 0 Å². The zero-order chi connectivity index (χ0) is 11.5. The van der Waals surface area contributed by atoms with E-state index in [4.69, 9.17) is 17.3 Å². The first-order chi connectivity index (χ1) is 7.65. The number of rotatable bonds is 2. The van der Waals surface area contributed by atoms with Gasteiger partial charge in [-0.05, 0) is 40.8 Å². The Morgan fingerprint density at radius 1 is 1.25 bits per heavy atom. The van der Waals surface area contributed by atoms with E-state index in [1.54, 1.807) is 6.07 Å². The topological polar surface area (TPSA) is 63.8 Å². The van der Waals surface area contributed by atoms with E-state index < -0.39 is 0 Å². The molecule has 0 fully saturated rings. The first-order valence-electron chi connectivity index (χ1n) is 4.45. The Kier molecular flexibility index (Phi) is 3.45. The van der Waals surface area contributed by atoms with E-state index in [2.05, 4.69) is 37.9 Å². The average molecular weight is 347 g/mol. The lowest BCUT2D eigenvalue weighted by molar-refractivity contribution is 1.18. The molecule has 0 amide bonds. The van der Waals surface area contributed by atoms with Crippen molar-refractivity contribution >= 4 is 51.5 Å². The Morgan fingerprint density at radius 3 is 2.75 bits per heavy atom. The number of nitrogens with one attached hydrogen (secondary N) is 1. The summed E-state index contributed by atoms with van der Waals surface area (Å²) in [6.07, 6.45) is 1.40. The minimum atomic E-state index is 0.416. The second kappa shape index (κ2) is 4.84. The highest BCUT2D eigenvalue weighted by Gasteiger charge is 2.02. The number of nitrogens with zero attached hydrogens (tertiary/aromatic N) is 2. The summed E-state index contributed by atoms with van der Waals surface area (Å²) in [5, 5.41) is 3.72.